The zero-order valence-corrected chi connectivity index (χ0v) is 17.2. The molecule has 0 bridgehead atoms. The van der Waals surface area contributed by atoms with E-state index in [0.29, 0.717) is 6.54 Å². The highest BCUT2D eigenvalue weighted by molar-refractivity contribution is 7.15. The van der Waals surface area contributed by atoms with Gasteiger partial charge in [-0.2, -0.15) is 5.10 Å². The quantitative estimate of drug-likeness (QED) is 0.722. The van der Waals surface area contributed by atoms with Crippen molar-refractivity contribution in [3.8, 4) is 10.6 Å². The van der Waals surface area contributed by atoms with Crippen LogP contribution in [0.5, 0.6) is 0 Å². The number of hydrogen-bond acceptors (Lipinski definition) is 4. The van der Waals surface area contributed by atoms with Gasteiger partial charge in [-0.25, -0.2) is 9.78 Å². The van der Waals surface area contributed by atoms with Crippen molar-refractivity contribution in [2.75, 3.05) is 7.05 Å². The van der Waals surface area contributed by atoms with Crippen LogP contribution >= 0.6 is 11.3 Å². The van der Waals surface area contributed by atoms with Gasteiger partial charge in [0.15, 0.2) is 0 Å². The molecule has 2 amide bonds. The molecular weight excluding hydrogens is 358 g/mol. The third-order valence-electron chi connectivity index (χ3n) is 4.65. The number of amides is 2. The largest absolute Gasteiger partial charge is 0.331 e. The summed E-state index contributed by atoms with van der Waals surface area (Å²) < 4.78 is 1.85. The smallest absolute Gasteiger partial charge is 0.317 e. The zero-order chi connectivity index (χ0) is 19.6. The summed E-state index contributed by atoms with van der Waals surface area (Å²) in [5.41, 5.74) is 4.18. The summed E-state index contributed by atoms with van der Waals surface area (Å²) in [6, 6.07) is 9.86. The van der Waals surface area contributed by atoms with Crippen LogP contribution in [0.4, 0.5) is 4.79 Å². The predicted octanol–water partition coefficient (Wildman–Crippen LogP) is 4.06. The van der Waals surface area contributed by atoms with E-state index in [1.807, 2.05) is 69.0 Å². The molecule has 0 saturated heterocycles. The molecule has 0 spiro atoms. The second-order valence-corrected chi connectivity index (χ2v) is 7.85. The van der Waals surface area contributed by atoms with Gasteiger partial charge in [-0.1, -0.05) is 30.3 Å². The molecule has 3 aromatic rings. The standard InChI is InChI=1S/C20H25N5OS/c1-13(18-14(2)23-25(5)15(18)3)22-20(26)24(4)12-17-11-21-19(27-17)16-9-7-6-8-10-16/h6-11,13H,12H2,1-5H3,(H,22,26). The van der Waals surface area contributed by atoms with Crippen LogP contribution < -0.4 is 5.32 Å². The molecular formula is C20H25N5OS. The normalized spacial score (nSPS) is 12.0. The minimum absolute atomic E-state index is 0.102. The summed E-state index contributed by atoms with van der Waals surface area (Å²) >= 11 is 1.61. The van der Waals surface area contributed by atoms with Crippen molar-refractivity contribution < 1.29 is 4.79 Å². The number of aryl methyl sites for hydroxylation is 2. The van der Waals surface area contributed by atoms with Gasteiger partial charge in [-0.3, -0.25) is 4.68 Å². The first-order valence-corrected chi connectivity index (χ1v) is 9.70. The molecule has 7 heteroatoms. The topological polar surface area (TPSA) is 63.1 Å². The summed E-state index contributed by atoms with van der Waals surface area (Å²) in [6.07, 6.45) is 1.84. The lowest BCUT2D eigenvalue weighted by Crippen LogP contribution is -2.38. The first-order valence-electron chi connectivity index (χ1n) is 8.88. The van der Waals surface area contributed by atoms with E-state index in [1.54, 1.807) is 23.3 Å². The fourth-order valence-electron chi connectivity index (χ4n) is 3.18. The molecule has 0 aliphatic heterocycles. The number of thiazole rings is 1. The Morgan fingerprint density at radius 3 is 2.63 bits per heavy atom. The monoisotopic (exact) mass is 383 g/mol. The molecule has 1 atom stereocenters. The summed E-state index contributed by atoms with van der Waals surface area (Å²) in [5, 5.41) is 8.46. The molecule has 1 N–H and O–H groups in total. The summed E-state index contributed by atoms with van der Waals surface area (Å²) in [5.74, 6) is 0. The van der Waals surface area contributed by atoms with Gasteiger partial charge in [0.2, 0.25) is 0 Å². The first-order chi connectivity index (χ1) is 12.9. The Bertz CT molecular complexity index is 931. The summed E-state index contributed by atoms with van der Waals surface area (Å²) in [7, 11) is 3.72. The molecule has 2 aromatic heterocycles. The first kappa shape index (κ1) is 19.1. The third-order valence-corrected chi connectivity index (χ3v) is 5.68. The predicted molar refractivity (Wildman–Crippen MR) is 109 cm³/mol. The van der Waals surface area contributed by atoms with Crippen molar-refractivity contribution in [2.24, 2.45) is 7.05 Å². The third kappa shape index (κ3) is 4.19. The van der Waals surface area contributed by atoms with Gasteiger partial charge in [-0.05, 0) is 20.8 Å². The van der Waals surface area contributed by atoms with Gasteiger partial charge in [0, 0.05) is 42.0 Å². The zero-order valence-electron chi connectivity index (χ0n) is 16.4. The molecule has 0 radical (unpaired) electrons. The van der Waals surface area contributed by atoms with Crippen LogP contribution in [0.3, 0.4) is 0 Å². The second-order valence-electron chi connectivity index (χ2n) is 6.73. The van der Waals surface area contributed by atoms with Crippen LogP contribution in [0, 0.1) is 13.8 Å². The number of carbonyl (C=O) groups is 1. The van der Waals surface area contributed by atoms with Crippen molar-refractivity contribution >= 4 is 17.4 Å². The average Bonchev–Trinajstić information content (AvgIpc) is 3.20. The highest BCUT2D eigenvalue weighted by Gasteiger charge is 2.20. The van der Waals surface area contributed by atoms with Crippen molar-refractivity contribution in [1.29, 1.82) is 0 Å². The number of nitrogens with one attached hydrogen (secondary N) is 1. The molecule has 2 heterocycles. The summed E-state index contributed by atoms with van der Waals surface area (Å²) in [4.78, 5) is 19.8. The van der Waals surface area contributed by atoms with Crippen LogP contribution in [0.25, 0.3) is 10.6 Å². The van der Waals surface area contributed by atoms with E-state index in [2.05, 4.69) is 15.4 Å². The maximum absolute atomic E-state index is 12.6. The molecule has 0 aliphatic carbocycles. The van der Waals surface area contributed by atoms with E-state index in [-0.39, 0.29) is 12.1 Å². The van der Waals surface area contributed by atoms with Crippen molar-refractivity contribution in [3.05, 3.63) is 58.4 Å². The number of urea groups is 1. The van der Waals surface area contributed by atoms with Crippen LogP contribution in [-0.4, -0.2) is 32.7 Å². The van der Waals surface area contributed by atoms with Crippen molar-refractivity contribution in [2.45, 2.75) is 33.4 Å². The average molecular weight is 384 g/mol. The minimum atomic E-state index is -0.111. The fourth-order valence-corrected chi connectivity index (χ4v) is 4.16. The SMILES string of the molecule is Cc1nn(C)c(C)c1C(C)NC(=O)N(C)Cc1cnc(-c2ccccc2)s1. The van der Waals surface area contributed by atoms with Crippen molar-refractivity contribution in [1.82, 2.24) is 25.0 Å². The molecule has 1 unspecified atom stereocenters. The molecule has 0 fully saturated rings. The Labute approximate surface area is 163 Å². The maximum atomic E-state index is 12.6. The number of hydrogen-bond donors (Lipinski definition) is 1. The van der Waals surface area contributed by atoms with Gasteiger partial charge in [0.1, 0.15) is 5.01 Å². The van der Waals surface area contributed by atoms with E-state index in [0.717, 1.165) is 32.4 Å². The number of aromatic nitrogens is 3. The fraction of sp³-hybridized carbons (Fsp3) is 0.350. The molecule has 6 nitrogen and oxygen atoms in total. The van der Waals surface area contributed by atoms with Crippen LogP contribution in [0.15, 0.2) is 36.5 Å². The van der Waals surface area contributed by atoms with E-state index >= 15 is 0 Å². The van der Waals surface area contributed by atoms with Gasteiger partial charge in [-0.15, -0.1) is 11.3 Å². The van der Waals surface area contributed by atoms with E-state index in [1.165, 1.54) is 0 Å². The number of benzene rings is 1. The van der Waals surface area contributed by atoms with Gasteiger partial charge in [0.05, 0.1) is 18.3 Å². The second kappa shape index (κ2) is 7.92. The molecule has 27 heavy (non-hydrogen) atoms. The molecule has 3 rings (SSSR count). The Morgan fingerprint density at radius 1 is 1.30 bits per heavy atom. The Morgan fingerprint density at radius 2 is 2.00 bits per heavy atom. The van der Waals surface area contributed by atoms with Crippen LogP contribution in [0.1, 0.15) is 34.8 Å². The van der Waals surface area contributed by atoms with Crippen molar-refractivity contribution in [3.63, 3.8) is 0 Å². The molecule has 0 saturated carbocycles. The summed E-state index contributed by atoms with van der Waals surface area (Å²) in [6.45, 7) is 6.50. The highest BCUT2D eigenvalue weighted by atomic mass is 32.1. The van der Waals surface area contributed by atoms with E-state index in [4.69, 9.17) is 0 Å². The van der Waals surface area contributed by atoms with E-state index in [9.17, 15) is 4.79 Å². The Hall–Kier alpha value is -2.67. The number of rotatable bonds is 5. The number of nitrogens with zero attached hydrogens (tertiary/aromatic N) is 4. The molecule has 142 valence electrons. The number of carbonyl (C=O) groups excluding carboxylic acids is 1. The van der Waals surface area contributed by atoms with Gasteiger partial charge < -0.3 is 10.2 Å². The Kier molecular flexibility index (Phi) is 5.60. The van der Waals surface area contributed by atoms with Gasteiger partial charge in [0.25, 0.3) is 0 Å². The van der Waals surface area contributed by atoms with E-state index < -0.39 is 0 Å². The molecule has 0 aliphatic rings. The maximum Gasteiger partial charge on any atom is 0.317 e. The minimum Gasteiger partial charge on any atom is -0.331 e. The van der Waals surface area contributed by atoms with Crippen LogP contribution in [-0.2, 0) is 13.6 Å². The lowest BCUT2D eigenvalue weighted by molar-refractivity contribution is 0.204. The lowest BCUT2D eigenvalue weighted by atomic mass is 10.1. The highest BCUT2D eigenvalue weighted by Crippen LogP contribution is 2.26. The Balaban J connectivity index is 1.63. The van der Waals surface area contributed by atoms with Gasteiger partial charge >= 0.3 is 6.03 Å². The molecule has 1 aromatic carbocycles. The van der Waals surface area contributed by atoms with Crippen LogP contribution in [0.2, 0.25) is 0 Å². The lowest BCUT2D eigenvalue weighted by Gasteiger charge is -2.21.